The Balaban J connectivity index is 2.36. The monoisotopic (exact) mass is 313 g/mol. The maximum absolute atomic E-state index is 13.1. The molecule has 0 aliphatic heterocycles. The van der Waals surface area contributed by atoms with E-state index < -0.39 is 17.8 Å². The molecule has 0 fully saturated rings. The summed E-state index contributed by atoms with van der Waals surface area (Å²) in [5.41, 5.74) is 7.00. The Morgan fingerprint density at radius 2 is 1.90 bits per heavy atom. The molecule has 0 spiro atoms. The summed E-state index contributed by atoms with van der Waals surface area (Å²) in [6.45, 7) is 0.180. The highest BCUT2D eigenvalue weighted by Crippen LogP contribution is 2.35. The molecular formula is C15H14Cl2FNO. The Bertz CT molecular complexity index is 606. The minimum absolute atomic E-state index is 0.180. The summed E-state index contributed by atoms with van der Waals surface area (Å²) in [6.07, 6.45) is -0.860. The highest BCUT2D eigenvalue weighted by molar-refractivity contribution is 6.31. The minimum atomic E-state index is -0.860. The Morgan fingerprint density at radius 3 is 2.50 bits per heavy atom. The molecule has 0 amide bonds. The second-order valence-corrected chi connectivity index (χ2v) is 5.35. The highest BCUT2D eigenvalue weighted by atomic mass is 35.5. The van der Waals surface area contributed by atoms with Gasteiger partial charge in [-0.05, 0) is 35.4 Å². The van der Waals surface area contributed by atoms with Crippen molar-refractivity contribution in [1.82, 2.24) is 0 Å². The molecule has 5 heteroatoms. The third-order valence-electron chi connectivity index (χ3n) is 3.19. The molecule has 2 nitrogen and oxygen atoms in total. The molecule has 0 aromatic heterocycles. The number of halogens is 3. The summed E-state index contributed by atoms with van der Waals surface area (Å²) in [5, 5.41) is 11.2. The van der Waals surface area contributed by atoms with Crippen molar-refractivity contribution in [3.05, 3.63) is 69.5 Å². The van der Waals surface area contributed by atoms with Crippen molar-refractivity contribution in [2.75, 3.05) is 6.54 Å². The molecule has 106 valence electrons. The number of rotatable bonds is 4. The SMILES string of the molecule is NCC(c1ccc(F)cc1Cl)C(O)c1cccc(Cl)c1. The van der Waals surface area contributed by atoms with Crippen LogP contribution in [0, 0.1) is 5.82 Å². The van der Waals surface area contributed by atoms with E-state index in [0.29, 0.717) is 16.1 Å². The van der Waals surface area contributed by atoms with Crippen molar-refractivity contribution in [3.63, 3.8) is 0 Å². The summed E-state index contributed by atoms with van der Waals surface area (Å²) >= 11 is 11.9. The number of nitrogens with two attached hydrogens (primary N) is 1. The van der Waals surface area contributed by atoms with E-state index in [1.54, 1.807) is 30.3 Å². The summed E-state index contributed by atoms with van der Waals surface area (Å²) < 4.78 is 13.1. The maximum atomic E-state index is 13.1. The Labute approximate surface area is 126 Å². The van der Waals surface area contributed by atoms with Crippen LogP contribution in [-0.2, 0) is 0 Å². The average molecular weight is 314 g/mol. The van der Waals surface area contributed by atoms with E-state index >= 15 is 0 Å². The molecule has 20 heavy (non-hydrogen) atoms. The van der Waals surface area contributed by atoms with Gasteiger partial charge in [-0.1, -0.05) is 41.4 Å². The van der Waals surface area contributed by atoms with Gasteiger partial charge in [0.15, 0.2) is 0 Å². The van der Waals surface area contributed by atoms with Crippen LogP contribution in [0.2, 0.25) is 10.0 Å². The van der Waals surface area contributed by atoms with Crippen molar-refractivity contribution in [3.8, 4) is 0 Å². The molecule has 2 aromatic rings. The van der Waals surface area contributed by atoms with E-state index in [0.717, 1.165) is 0 Å². The van der Waals surface area contributed by atoms with Gasteiger partial charge in [0.2, 0.25) is 0 Å². The molecule has 0 saturated heterocycles. The van der Waals surface area contributed by atoms with Crippen LogP contribution in [0.3, 0.4) is 0 Å². The lowest BCUT2D eigenvalue weighted by molar-refractivity contribution is 0.147. The zero-order chi connectivity index (χ0) is 14.7. The molecular weight excluding hydrogens is 300 g/mol. The minimum Gasteiger partial charge on any atom is -0.388 e. The molecule has 0 saturated carbocycles. The van der Waals surface area contributed by atoms with Gasteiger partial charge in [0.1, 0.15) is 5.82 Å². The first-order valence-electron chi connectivity index (χ1n) is 6.11. The van der Waals surface area contributed by atoms with Crippen molar-refractivity contribution < 1.29 is 9.50 Å². The van der Waals surface area contributed by atoms with Gasteiger partial charge in [-0.3, -0.25) is 0 Å². The predicted molar refractivity (Wildman–Crippen MR) is 79.6 cm³/mol. The highest BCUT2D eigenvalue weighted by Gasteiger charge is 2.24. The predicted octanol–water partition coefficient (Wildman–Crippen LogP) is 3.91. The summed E-state index contributed by atoms with van der Waals surface area (Å²) in [5.74, 6) is -0.853. The van der Waals surface area contributed by atoms with Crippen molar-refractivity contribution in [2.45, 2.75) is 12.0 Å². The summed E-state index contributed by atoms with van der Waals surface area (Å²) in [6, 6.07) is 11.0. The Hall–Kier alpha value is -1.13. The normalized spacial score (nSPS) is 14.1. The number of hydrogen-bond donors (Lipinski definition) is 2. The molecule has 2 unspecified atom stereocenters. The third kappa shape index (κ3) is 3.30. The van der Waals surface area contributed by atoms with Gasteiger partial charge in [0.05, 0.1) is 6.10 Å². The Morgan fingerprint density at radius 1 is 1.15 bits per heavy atom. The smallest absolute Gasteiger partial charge is 0.124 e. The van der Waals surface area contributed by atoms with Crippen LogP contribution in [0.1, 0.15) is 23.1 Å². The van der Waals surface area contributed by atoms with Crippen LogP contribution in [0.25, 0.3) is 0 Å². The van der Waals surface area contributed by atoms with Gasteiger partial charge in [0, 0.05) is 22.5 Å². The molecule has 0 radical (unpaired) electrons. The fraction of sp³-hybridized carbons (Fsp3) is 0.200. The fourth-order valence-electron chi connectivity index (χ4n) is 2.15. The van der Waals surface area contributed by atoms with Gasteiger partial charge < -0.3 is 10.8 Å². The van der Waals surface area contributed by atoms with Crippen molar-refractivity contribution in [2.24, 2.45) is 5.73 Å². The van der Waals surface area contributed by atoms with Crippen LogP contribution in [-0.4, -0.2) is 11.7 Å². The van der Waals surface area contributed by atoms with Gasteiger partial charge in [-0.15, -0.1) is 0 Å². The lowest BCUT2D eigenvalue weighted by Gasteiger charge is -2.23. The molecule has 2 rings (SSSR count). The van der Waals surface area contributed by atoms with Crippen LogP contribution >= 0.6 is 23.2 Å². The zero-order valence-corrected chi connectivity index (χ0v) is 12.1. The number of benzene rings is 2. The van der Waals surface area contributed by atoms with Crippen LogP contribution < -0.4 is 5.73 Å². The van der Waals surface area contributed by atoms with E-state index in [1.165, 1.54) is 12.1 Å². The number of aliphatic hydroxyl groups excluding tert-OH is 1. The van der Waals surface area contributed by atoms with E-state index in [-0.39, 0.29) is 11.6 Å². The maximum Gasteiger partial charge on any atom is 0.124 e. The molecule has 0 aliphatic carbocycles. The lowest BCUT2D eigenvalue weighted by atomic mass is 9.89. The fourth-order valence-corrected chi connectivity index (χ4v) is 2.66. The summed E-state index contributed by atoms with van der Waals surface area (Å²) in [7, 11) is 0. The van der Waals surface area contributed by atoms with E-state index in [2.05, 4.69) is 0 Å². The van der Waals surface area contributed by atoms with Crippen molar-refractivity contribution >= 4 is 23.2 Å². The van der Waals surface area contributed by atoms with Gasteiger partial charge in [-0.25, -0.2) is 4.39 Å². The zero-order valence-electron chi connectivity index (χ0n) is 10.6. The topological polar surface area (TPSA) is 46.2 Å². The molecule has 0 heterocycles. The molecule has 0 bridgehead atoms. The largest absolute Gasteiger partial charge is 0.388 e. The molecule has 3 N–H and O–H groups in total. The van der Waals surface area contributed by atoms with Gasteiger partial charge >= 0.3 is 0 Å². The first-order chi connectivity index (χ1) is 9.52. The van der Waals surface area contributed by atoms with E-state index in [9.17, 15) is 9.50 Å². The number of hydrogen-bond acceptors (Lipinski definition) is 2. The summed E-state index contributed by atoms with van der Waals surface area (Å²) in [4.78, 5) is 0. The van der Waals surface area contributed by atoms with Crippen molar-refractivity contribution in [1.29, 1.82) is 0 Å². The van der Waals surface area contributed by atoms with Crippen LogP contribution in [0.5, 0.6) is 0 Å². The van der Waals surface area contributed by atoms with Crippen LogP contribution in [0.15, 0.2) is 42.5 Å². The van der Waals surface area contributed by atoms with Gasteiger partial charge in [-0.2, -0.15) is 0 Å². The average Bonchev–Trinajstić information content (AvgIpc) is 2.41. The van der Waals surface area contributed by atoms with Gasteiger partial charge in [0.25, 0.3) is 0 Å². The third-order valence-corrected chi connectivity index (χ3v) is 3.75. The van der Waals surface area contributed by atoms with Crippen LogP contribution in [0.4, 0.5) is 4.39 Å². The molecule has 2 aromatic carbocycles. The van der Waals surface area contributed by atoms with E-state index in [1.807, 2.05) is 0 Å². The standard InChI is InChI=1S/C15H14Cl2FNO/c16-10-3-1-2-9(6-10)15(20)13(8-19)12-5-4-11(18)7-14(12)17/h1-7,13,15,20H,8,19H2. The lowest BCUT2D eigenvalue weighted by Crippen LogP contribution is -2.20. The molecule has 2 atom stereocenters. The second kappa shape index (κ2) is 6.55. The first-order valence-corrected chi connectivity index (χ1v) is 6.87. The second-order valence-electron chi connectivity index (χ2n) is 4.51. The Kier molecular flexibility index (Phi) is 5.00. The van der Waals surface area contributed by atoms with E-state index in [4.69, 9.17) is 28.9 Å². The first kappa shape index (κ1) is 15.3. The quantitative estimate of drug-likeness (QED) is 0.899. The number of aliphatic hydroxyl groups is 1. The molecule has 0 aliphatic rings.